The summed E-state index contributed by atoms with van der Waals surface area (Å²) in [6.45, 7) is 2.34. The summed E-state index contributed by atoms with van der Waals surface area (Å²) in [5.41, 5.74) is 0.825. The normalized spacial score (nSPS) is 19.3. The Balaban J connectivity index is 2.12. The number of halogens is 1. The van der Waals surface area contributed by atoms with E-state index in [0.29, 0.717) is 13.0 Å². The van der Waals surface area contributed by atoms with Crippen LogP contribution >= 0.6 is 15.9 Å². The van der Waals surface area contributed by atoms with E-state index in [-0.39, 0.29) is 17.5 Å². The third kappa shape index (κ3) is 3.31. The van der Waals surface area contributed by atoms with Gasteiger partial charge in [-0.05, 0) is 37.1 Å². The predicted molar refractivity (Wildman–Crippen MR) is 77.2 cm³/mol. The Morgan fingerprint density at radius 3 is 2.75 bits per heavy atom. The zero-order chi connectivity index (χ0) is 14.9. The summed E-state index contributed by atoms with van der Waals surface area (Å²) >= 11 is 3.32. The first-order valence-electron chi connectivity index (χ1n) is 6.06. The lowest BCUT2D eigenvalue weighted by Gasteiger charge is -2.14. The molecule has 1 amide bonds. The summed E-state index contributed by atoms with van der Waals surface area (Å²) in [5.74, 6) is 0. The first kappa shape index (κ1) is 15.3. The summed E-state index contributed by atoms with van der Waals surface area (Å²) in [6, 6.07) is 4.40. The summed E-state index contributed by atoms with van der Waals surface area (Å²) in [7, 11) is -3.62. The molecule has 1 fully saturated rings. The second-order valence-corrected chi connectivity index (χ2v) is 7.31. The molecule has 0 saturated carbocycles. The zero-order valence-electron chi connectivity index (χ0n) is 10.8. The number of nitrogens with zero attached hydrogens (tertiary/aromatic N) is 1. The summed E-state index contributed by atoms with van der Waals surface area (Å²) in [5, 5.41) is 8.86. The fourth-order valence-electron chi connectivity index (χ4n) is 2.10. The smallest absolute Gasteiger partial charge is 0.407 e. The lowest BCUT2D eigenvalue weighted by Crippen LogP contribution is -2.38. The van der Waals surface area contributed by atoms with E-state index in [1.165, 1.54) is 11.0 Å². The zero-order valence-corrected chi connectivity index (χ0v) is 13.2. The largest absolute Gasteiger partial charge is 0.465 e. The van der Waals surface area contributed by atoms with Gasteiger partial charge in [0.25, 0.3) is 0 Å². The number of carboxylic acid groups (broad SMARTS) is 1. The summed E-state index contributed by atoms with van der Waals surface area (Å²) in [4.78, 5) is 12.2. The number of benzene rings is 1. The molecule has 0 bridgehead atoms. The van der Waals surface area contributed by atoms with Crippen molar-refractivity contribution >= 4 is 32.0 Å². The molecule has 0 aliphatic carbocycles. The van der Waals surface area contributed by atoms with Crippen LogP contribution in [0.3, 0.4) is 0 Å². The van der Waals surface area contributed by atoms with Gasteiger partial charge < -0.3 is 10.0 Å². The molecule has 0 spiro atoms. The Morgan fingerprint density at radius 2 is 2.20 bits per heavy atom. The Morgan fingerprint density at radius 1 is 1.50 bits per heavy atom. The molecule has 110 valence electrons. The molecule has 1 aromatic rings. The highest BCUT2D eigenvalue weighted by molar-refractivity contribution is 9.10. The summed E-state index contributed by atoms with van der Waals surface area (Å²) in [6.07, 6.45) is -0.535. The Hall–Kier alpha value is -1.12. The molecule has 6 nitrogen and oxygen atoms in total. The quantitative estimate of drug-likeness (QED) is 0.857. The van der Waals surface area contributed by atoms with Gasteiger partial charge in [-0.3, -0.25) is 0 Å². The number of hydrogen-bond donors (Lipinski definition) is 2. The van der Waals surface area contributed by atoms with Crippen molar-refractivity contribution in [2.45, 2.75) is 24.3 Å². The van der Waals surface area contributed by atoms with Gasteiger partial charge in [-0.15, -0.1) is 0 Å². The molecule has 1 aliphatic heterocycles. The van der Waals surface area contributed by atoms with Crippen LogP contribution in [0.25, 0.3) is 0 Å². The molecule has 0 unspecified atom stereocenters. The number of nitrogens with one attached hydrogen (secondary N) is 1. The molecular formula is C12H15BrN2O4S. The van der Waals surface area contributed by atoms with Crippen LogP contribution in [-0.2, 0) is 10.0 Å². The molecule has 2 N–H and O–H groups in total. The number of sulfonamides is 1. The Labute approximate surface area is 126 Å². The number of hydrogen-bond acceptors (Lipinski definition) is 3. The third-order valence-corrected chi connectivity index (χ3v) is 5.63. The maximum Gasteiger partial charge on any atom is 0.407 e. The standard InChI is InChI=1S/C12H15BrN2O4S/c1-8-6-10(2-3-11(8)13)20(18,19)14-9-4-5-15(7-9)12(16)17/h2-3,6,9,14H,4-5,7H2,1H3,(H,16,17)/t9-/m1/s1. The van der Waals surface area contributed by atoms with Crippen molar-refractivity contribution in [3.05, 3.63) is 28.2 Å². The molecule has 1 heterocycles. The van der Waals surface area contributed by atoms with E-state index in [1.807, 2.05) is 6.92 Å². The van der Waals surface area contributed by atoms with Crippen molar-refractivity contribution in [1.29, 1.82) is 0 Å². The van der Waals surface area contributed by atoms with Crippen molar-refractivity contribution in [2.75, 3.05) is 13.1 Å². The predicted octanol–water partition coefficient (Wildman–Crippen LogP) is 1.79. The number of carbonyl (C=O) groups is 1. The Bertz CT molecular complexity index is 632. The molecule has 0 radical (unpaired) electrons. The van der Waals surface area contributed by atoms with Gasteiger partial charge in [0.15, 0.2) is 0 Å². The van der Waals surface area contributed by atoms with Crippen molar-refractivity contribution in [3.8, 4) is 0 Å². The highest BCUT2D eigenvalue weighted by Gasteiger charge is 2.29. The van der Waals surface area contributed by atoms with E-state index in [0.717, 1.165) is 10.0 Å². The van der Waals surface area contributed by atoms with Gasteiger partial charge in [-0.1, -0.05) is 15.9 Å². The average molecular weight is 363 g/mol. The minimum absolute atomic E-state index is 0.185. The van der Waals surface area contributed by atoms with Crippen LogP contribution in [0.2, 0.25) is 0 Å². The molecular weight excluding hydrogens is 348 g/mol. The van der Waals surface area contributed by atoms with E-state index in [2.05, 4.69) is 20.7 Å². The monoisotopic (exact) mass is 362 g/mol. The fraction of sp³-hybridized carbons (Fsp3) is 0.417. The first-order chi connectivity index (χ1) is 9.29. The second kappa shape index (κ2) is 5.71. The van der Waals surface area contributed by atoms with Gasteiger partial charge in [0.05, 0.1) is 4.90 Å². The van der Waals surface area contributed by atoms with Crippen molar-refractivity contribution in [2.24, 2.45) is 0 Å². The highest BCUT2D eigenvalue weighted by Crippen LogP contribution is 2.21. The van der Waals surface area contributed by atoms with Crippen LogP contribution in [0.1, 0.15) is 12.0 Å². The van der Waals surface area contributed by atoms with Crippen molar-refractivity contribution < 1.29 is 18.3 Å². The van der Waals surface area contributed by atoms with Crippen LogP contribution in [0.15, 0.2) is 27.6 Å². The number of aryl methyl sites for hydroxylation is 1. The summed E-state index contributed by atoms with van der Waals surface area (Å²) < 4.78 is 27.9. The third-order valence-electron chi connectivity index (χ3n) is 3.22. The number of likely N-dealkylation sites (tertiary alicyclic amines) is 1. The maximum absolute atomic E-state index is 12.2. The minimum atomic E-state index is -3.62. The number of amides is 1. The van der Waals surface area contributed by atoms with Gasteiger partial charge >= 0.3 is 6.09 Å². The van der Waals surface area contributed by atoms with Gasteiger partial charge in [0.1, 0.15) is 0 Å². The molecule has 20 heavy (non-hydrogen) atoms. The second-order valence-electron chi connectivity index (χ2n) is 4.75. The van der Waals surface area contributed by atoms with Crippen LogP contribution in [-0.4, -0.2) is 43.6 Å². The van der Waals surface area contributed by atoms with E-state index in [4.69, 9.17) is 5.11 Å². The molecule has 1 aromatic carbocycles. The lowest BCUT2D eigenvalue weighted by molar-refractivity contribution is 0.155. The SMILES string of the molecule is Cc1cc(S(=O)(=O)N[C@@H]2CCN(C(=O)O)C2)ccc1Br. The fourth-order valence-corrected chi connectivity index (χ4v) is 3.70. The van der Waals surface area contributed by atoms with Crippen LogP contribution < -0.4 is 4.72 Å². The molecule has 1 saturated heterocycles. The van der Waals surface area contributed by atoms with Crippen LogP contribution in [0, 0.1) is 6.92 Å². The van der Waals surface area contributed by atoms with Crippen LogP contribution in [0.4, 0.5) is 4.79 Å². The molecule has 1 aliphatic rings. The lowest BCUT2D eigenvalue weighted by atomic mass is 10.2. The van der Waals surface area contributed by atoms with Gasteiger partial charge in [0, 0.05) is 23.6 Å². The Kier molecular flexibility index (Phi) is 4.36. The topological polar surface area (TPSA) is 86.7 Å². The van der Waals surface area contributed by atoms with E-state index in [9.17, 15) is 13.2 Å². The highest BCUT2D eigenvalue weighted by atomic mass is 79.9. The maximum atomic E-state index is 12.2. The average Bonchev–Trinajstić information content (AvgIpc) is 2.80. The van der Waals surface area contributed by atoms with Gasteiger partial charge in [0.2, 0.25) is 10.0 Å². The molecule has 2 rings (SSSR count). The molecule has 0 aromatic heterocycles. The van der Waals surface area contributed by atoms with Crippen molar-refractivity contribution in [3.63, 3.8) is 0 Å². The minimum Gasteiger partial charge on any atom is -0.465 e. The van der Waals surface area contributed by atoms with Gasteiger partial charge in [-0.25, -0.2) is 17.9 Å². The first-order valence-corrected chi connectivity index (χ1v) is 8.33. The van der Waals surface area contributed by atoms with E-state index in [1.54, 1.807) is 12.1 Å². The molecule has 8 heteroatoms. The van der Waals surface area contributed by atoms with E-state index >= 15 is 0 Å². The van der Waals surface area contributed by atoms with Crippen molar-refractivity contribution in [1.82, 2.24) is 9.62 Å². The molecule has 1 atom stereocenters. The van der Waals surface area contributed by atoms with E-state index < -0.39 is 16.1 Å². The van der Waals surface area contributed by atoms with Gasteiger partial charge in [-0.2, -0.15) is 0 Å². The number of rotatable bonds is 3. The van der Waals surface area contributed by atoms with Crippen LogP contribution in [0.5, 0.6) is 0 Å².